The molecule has 0 aromatic carbocycles. The van der Waals surface area contributed by atoms with E-state index in [-0.39, 0.29) is 51.4 Å². The summed E-state index contributed by atoms with van der Waals surface area (Å²) in [6.45, 7) is 11.6. The van der Waals surface area contributed by atoms with Crippen LogP contribution in [0.1, 0.15) is 27.2 Å². The van der Waals surface area contributed by atoms with Gasteiger partial charge in [0, 0.05) is 8.80 Å². The van der Waals surface area contributed by atoms with Gasteiger partial charge in [-0.15, -0.1) is 6.42 Å². The molecule has 0 N–H and O–H groups in total. The molecule has 13 heavy (non-hydrogen) atoms. The Hall–Kier alpha value is 1.33. The summed E-state index contributed by atoms with van der Waals surface area (Å²) in [4.78, 5) is 0. The van der Waals surface area contributed by atoms with Crippen molar-refractivity contribution in [2.45, 2.75) is 40.3 Å². The third-order valence-corrected chi connectivity index (χ3v) is 3.94. The number of hydrogen-bond donors (Lipinski definition) is 0. The van der Waals surface area contributed by atoms with Gasteiger partial charge in [-0.1, -0.05) is 39.3 Å². The quantitative estimate of drug-likeness (QED) is 0.433. The van der Waals surface area contributed by atoms with E-state index in [1.165, 1.54) is 0 Å². The third-order valence-electron chi connectivity index (χ3n) is 2.27. The van der Waals surface area contributed by atoms with Crippen LogP contribution >= 0.6 is 0 Å². The molecule has 0 radical (unpaired) electrons. The second-order valence-electron chi connectivity index (χ2n) is 4.82. The van der Waals surface area contributed by atoms with Crippen LogP contribution in [0.25, 0.3) is 0 Å². The number of rotatable bonds is 1. The minimum atomic E-state index is -0.643. The minimum absolute atomic E-state index is 0. The van der Waals surface area contributed by atoms with Gasteiger partial charge in [0.1, 0.15) is 0 Å². The fraction of sp³-hybridized carbons (Fsp3) is 0.636. The monoisotopic (exact) mass is 218 g/mol. The Morgan fingerprint density at radius 2 is 1.85 bits per heavy atom. The molecule has 68 valence electrons. The van der Waals surface area contributed by atoms with Gasteiger partial charge in [-0.2, -0.15) is 11.6 Å². The van der Waals surface area contributed by atoms with E-state index in [9.17, 15) is 0 Å². The van der Waals surface area contributed by atoms with Crippen molar-refractivity contribution < 1.29 is 51.4 Å². The molecule has 0 saturated heterocycles. The summed E-state index contributed by atoms with van der Waals surface area (Å²) in [6.07, 6.45) is 6.90. The smallest absolute Gasteiger partial charge is 0.274 e. The molecule has 0 atom stereocenters. The average Bonchev–Trinajstić information content (AvgIpc) is 2.30. The van der Waals surface area contributed by atoms with E-state index in [1.807, 2.05) is 0 Å². The largest absolute Gasteiger partial charge is 1.00 e. The molecule has 0 aromatic rings. The van der Waals surface area contributed by atoms with E-state index in [4.69, 9.17) is 0 Å². The minimum Gasteiger partial charge on any atom is -0.274 e. The molecule has 0 spiro atoms. The average molecular weight is 218 g/mol. The Bertz CT molecular complexity index is 231. The Morgan fingerprint density at radius 1 is 1.31 bits per heavy atom. The van der Waals surface area contributed by atoms with E-state index in [0.29, 0.717) is 5.41 Å². The maximum atomic E-state index is 3.50. The normalized spacial score (nSPS) is 16.8. The van der Waals surface area contributed by atoms with Gasteiger partial charge >= 0.3 is 51.4 Å². The van der Waals surface area contributed by atoms with Crippen molar-refractivity contribution in [2.24, 2.45) is 5.41 Å². The van der Waals surface area contributed by atoms with Crippen molar-refractivity contribution in [3.05, 3.63) is 22.9 Å². The van der Waals surface area contributed by atoms with Crippen LogP contribution in [-0.2, 0) is 0 Å². The second kappa shape index (κ2) is 5.43. The molecule has 0 fully saturated rings. The van der Waals surface area contributed by atoms with Gasteiger partial charge in [0.25, 0.3) is 0 Å². The fourth-order valence-electron chi connectivity index (χ4n) is 1.69. The molecule has 1 aliphatic rings. The van der Waals surface area contributed by atoms with Gasteiger partial charge in [0.15, 0.2) is 0 Å². The van der Waals surface area contributed by atoms with Crippen LogP contribution in [0.2, 0.25) is 13.1 Å². The number of hydrogen-bond acceptors (Lipinski definition) is 0. The van der Waals surface area contributed by atoms with E-state index in [2.05, 4.69) is 46.0 Å². The molecule has 2 heteroatoms. The summed E-state index contributed by atoms with van der Waals surface area (Å²) in [5.41, 5.74) is 1.89. The molecule has 0 amide bonds. The Balaban J connectivity index is 0.00000144. The van der Waals surface area contributed by atoms with Crippen LogP contribution in [0, 0.1) is 11.5 Å². The Labute approximate surface area is 127 Å². The zero-order chi connectivity index (χ0) is 9.35. The maximum absolute atomic E-state index is 3.50. The van der Waals surface area contributed by atoms with Gasteiger partial charge in [-0.25, -0.2) is 5.20 Å². The van der Waals surface area contributed by atoms with E-state index >= 15 is 0 Å². The Kier molecular flexibility index (Phi) is 5.98. The molecule has 0 aliphatic heterocycles. The summed E-state index contributed by atoms with van der Waals surface area (Å²) in [6, 6.07) is 0. The van der Waals surface area contributed by atoms with Gasteiger partial charge in [0.2, 0.25) is 0 Å². The fourth-order valence-corrected chi connectivity index (χ4v) is 3.39. The number of allylic oxidation sites excluding steroid dienone is 4. The third kappa shape index (κ3) is 3.76. The van der Waals surface area contributed by atoms with Crippen molar-refractivity contribution in [1.82, 2.24) is 0 Å². The summed E-state index contributed by atoms with van der Waals surface area (Å²) in [5.74, 6) is 0. The topological polar surface area (TPSA) is 0 Å². The first-order valence-corrected chi connectivity index (χ1v) is 7.63. The molecule has 0 heterocycles. The molecule has 0 unspecified atom stereocenters. The predicted octanol–water partition coefficient (Wildman–Crippen LogP) is 0.122. The van der Waals surface area contributed by atoms with E-state index in [0.717, 1.165) is 6.42 Å². The van der Waals surface area contributed by atoms with Crippen molar-refractivity contribution >= 4 is 8.80 Å². The van der Waals surface area contributed by atoms with E-state index < -0.39 is 8.80 Å². The van der Waals surface area contributed by atoms with Crippen molar-refractivity contribution in [3.8, 4) is 0 Å². The van der Waals surface area contributed by atoms with Crippen LogP contribution in [0.4, 0.5) is 0 Å². The van der Waals surface area contributed by atoms with Gasteiger partial charge < -0.3 is 0 Å². The van der Waals surface area contributed by atoms with Crippen molar-refractivity contribution in [1.29, 1.82) is 0 Å². The molecule has 1 aliphatic carbocycles. The summed E-state index contributed by atoms with van der Waals surface area (Å²) >= 11 is 0. The second-order valence-corrected chi connectivity index (χ2v) is 7.70. The first kappa shape index (κ1) is 14.3. The van der Waals surface area contributed by atoms with Gasteiger partial charge in [-0.05, 0) is 0 Å². The van der Waals surface area contributed by atoms with Crippen LogP contribution in [0.15, 0.2) is 16.8 Å². The molecule has 0 saturated carbocycles. The summed E-state index contributed by atoms with van der Waals surface area (Å²) in [7, 11) is -0.643. The Morgan fingerprint density at radius 3 is 2.15 bits per heavy atom. The first-order valence-electron chi connectivity index (χ1n) is 4.74. The molecule has 0 bridgehead atoms. The molecular weight excluding hydrogens is 199 g/mol. The molecular formula is C11H19KSi. The van der Waals surface area contributed by atoms with Crippen LogP contribution in [0.5, 0.6) is 0 Å². The SMILES string of the molecule is C[SiH](C)C1=[C-]CC=C1C(C)(C)C.[K+]. The summed E-state index contributed by atoms with van der Waals surface area (Å²) < 4.78 is 0. The maximum Gasteiger partial charge on any atom is 1.00 e. The van der Waals surface area contributed by atoms with Crippen molar-refractivity contribution in [2.75, 3.05) is 0 Å². The van der Waals surface area contributed by atoms with Crippen LogP contribution < -0.4 is 51.4 Å². The molecule has 0 aromatic heterocycles. The van der Waals surface area contributed by atoms with Gasteiger partial charge in [0.05, 0.1) is 0 Å². The van der Waals surface area contributed by atoms with E-state index in [1.54, 1.807) is 10.8 Å². The van der Waals surface area contributed by atoms with Gasteiger partial charge in [-0.3, -0.25) is 6.08 Å². The molecule has 1 rings (SSSR count). The summed E-state index contributed by atoms with van der Waals surface area (Å²) in [5, 5.41) is 1.57. The zero-order valence-electron chi connectivity index (χ0n) is 9.86. The van der Waals surface area contributed by atoms with Crippen molar-refractivity contribution in [3.63, 3.8) is 0 Å². The van der Waals surface area contributed by atoms with Crippen LogP contribution in [0.3, 0.4) is 0 Å². The first-order chi connectivity index (χ1) is 5.43. The zero-order valence-corrected chi connectivity index (χ0v) is 14.1. The predicted molar refractivity (Wildman–Crippen MR) is 57.8 cm³/mol. The standard InChI is InChI=1S/C11H19Si.K/c1-11(2,3)9-7-6-8-10(9)12(4)5;/h7,12H,6H2,1-5H3;/q-1;+1. The molecule has 0 nitrogen and oxygen atoms in total. The van der Waals surface area contributed by atoms with Crippen LogP contribution in [-0.4, -0.2) is 8.80 Å².